The fraction of sp³-hybridized carbons (Fsp3) is 0.353. The summed E-state index contributed by atoms with van der Waals surface area (Å²) in [5.41, 5.74) is 5.51. The molecule has 0 bridgehead atoms. The largest absolute Gasteiger partial charge is 0.416 e. The Morgan fingerprint density at radius 3 is 2.85 bits per heavy atom. The third-order valence-corrected chi connectivity index (χ3v) is 5.74. The molecule has 4 rings (SSSR count). The van der Waals surface area contributed by atoms with Crippen molar-refractivity contribution in [3.63, 3.8) is 0 Å². The van der Waals surface area contributed by atoms with Gasteiger partial charge < -0.3 is 10.6 Å². The molecule has 0 radical (unpaired) electrons. The Kier molecular flexibility index (Phi) is 4.39. The number of benzene rings is 1. The van der Waals surface area contributed by atoms with Gasteiger partial charge in [0.15, 0.2) is 0 Å². The fourth-order valence-corrected chi connectivity index (χ4v) is 4.27. The van der Waals surface area contributed by atoms with Gasteiger partial charge in [0.2, 0.25) is 0 Å². The van der Waals surface area contributed by atoms with Crippen molar-refractivity contribution in [3.8, 4) is 0 Å². The Morgan fingerprint density at radius 2 is 2.15 bits per heavy atom. The molecule has 1 saturated heterocycles. The molecule has 3 aromatic rings. The molecule has 27 heavy (non-hydrogen) atoms. The van der Waals surface area contributed by atoms with Crippen LogP contribution in [0.3, 0.4) is 0 Å². The van der Waals surface area contributed by atoms with Crippen molar-refractivity contribution < 1.29 is 18.0 Å². The van der Waals surface area contributed by atoms with E-state index in [0.29, 0.717) is 40.3 Å². The molecular weight excluding hydrogens is 379 g/mol. The minimum atomic E-state index is -4.40. The number of carbonyl (C=O) groups is 1. The maximum atomic E-state index is 12.9. The van der Waals surface area contributed by atoms with Gasteiger partial charge in [-0.25, -0.2) is 4.68 Å². The van der Waals surface area contributed by atoms with E-state index in [1.54, 1.807) is 21.8 Å². The molecule has 2 aromatic heterocycles. The molecule has 0 aliphatic carbocycles. The second kappa shape index (κ2) is 6.61. The normalized spacial score (nSPS) is 17.8. The van der Waals surface area contributed by atoms with E-state index >= 15 is 0 Å². The van der Waals surface area contributed by atoms with E-state index in [0.717, 1.165) is 29.9 Å². The van der Waals surface area contributed by atoms with Crippen molar-refractivity contribution in [2.24, 2.45) is 5.73 Å². The van der Waals surface area contributed by atoms with E-state index < -0.39 is 11.7 Å². The maximum absolute atomic E-state index is 12.9. The van der Waals surface area contributed by atoms with Gasteiger partial charge in [-0.15, -0.1) is 16.4 Å². The van der Waals surface area contributed by atoms with Gasteiger partial charge in [-0.05, 0) is 30.0 Å². The van der Waals surface area contributed by atoms with Gasteiger partial charge in [0.05, 0.1) is 28.4 Å². The summed E-state index contributed by atoms with van der Waals surface area (Å²) in [5, 5.41) is 8.64. The SMILES string of the molecule is NCc1cn(C2CCN(C(=O)c3cc4ccc(C(F)(F)F)cc4s3)C2)nn1. The van der Waals surface area contributed by atoms with Gasteiger partial charge in [-0.2, -0.15) is 13.2 Å². The number of thiophene rings is 1. The highest BCUT2D eigenvalue weighted by molar-refractivity contribution is 7.20. The van der Waals surface area contributed by atoms with E-state index in [2.05, 4.69) is 10.3 Å². The second-order valence-corrected chi connectivity index (χ2v) is 7.53. The van der Waals surface area contributed by atoms with E-state index in [9.17, 15) is 18.0 Å². The number of nitrogens with zero attached hydrogens (tertiary/aromatic N) is 4. The van der Waals surface area contributed by atoms with E-state index in [1.807, 2.05) is 0 Å². The van der Waals surface area contributed by atoms with Gasteiger partial charge >= 0.3 is 6.18 Å². The van der Waals surface area contributed by atoms with Crippen molar-refractivity contribution >= 4 is 27.3 Å². The van der Waals surface area contributed by atoms with E-state index in [-0.39, 0.29) is 11.9 Å². The Bertz CT molecular complexity index is 996. The van der Waals surface area contributed by atoms with Crippen molar-refractivity contribution in [2.45, 2.75) is 25.2 Å². The molecule has 0 saturated carbocycles. The van der Waals surface area contributed by atoms with Gasteiger partial charge in [-0.3, -0.25) is 4.79 Å². The van der Waals surface area contributed by atoms with Crippen LogP contribution in [0.15, 0.2) is 30.5 Å². The van der Waals surface area contributed by atoms with Crippen molar-refractivity contribution in [1.82, 2.24) is 19.9 Å². The average molecular weight is 395 g/mol. The number of likely N-dealkylation sites (tertiary alicyclic amines) is 1. The molecule has 1 aliphatic heterocycles. The smallest absolute Gasteiger partial charge is 0.336 e. The van der Waals surface area contributed by atoms with Crippen LogP contribution in [0.5, 0.6) is 0 Å². The van der Waals surface area contributed by atoms with Crippen LogP contribution < -0.4 is 5.73 Å². The van der Waals surface area contributed by atoms with Gasteiger partial charge in [-0.1, -0.05) is 11.3 Å². The van der Waals surface area contributed by atoms with Crippen LogP contribution in [0, 0.1) is 0 Å². The van der Waals surface area contributed by atoms with Crippen LogP contribution in [0.25, 0.3) is 10.1 Å². The minimum absolute atomic E-state index is 0.0213. The standard InChI is InChI=1S/C17H16F3N5OS/c18-17(19,20)11-2-1-10-5-15(27-14(10)6-11)16(26)24-4-3-13(9-24)25-8-12(7-21)22-23-25/h1-2,5-6,8,13H,3-4,7,9,21H2. The Labute approximate surface area is 156 Å². The molecule has 1 aliphatic rings. The summed E-state index contributed by atoms with van der Waals surface area (Å²) >= 11 is 1.08. The number of aromatic nitrogens is 3. The van der Waals surface area contributed by atoms with Crippen LogP contribution in [-0.2, 0) is 12.7 Å². The summed E-state index contributed by atoms with van der Waals surface area (Å²) < 4.78 is 40.8. The molecular formula is C17H16F3N5OS. The predicted octanol–water partition coefficient (Wildman–Crippen LogP) is 3.06. The summed E-state index contributed by atoms with van der Waals surface area (Å²) in [6.45, 7) is 1.34. The molecule has 3 heterocycles. The number of alkyl halides is 3. The van der Waals surface area contributed by atoms with E-state index in [1.165, 1.54) is 6.07 Å². The highest BCUT2D eigenvalue weighted by Gasteiger charge is 2.32. The lowest BCUT2D eigenvalue weighted by Crippen LogP contribution is -2.28. The zero-order chi connectivity index (χ0) is 19.2. The van der Waals surface area contributed by atoms with E-state index in [4.69, 9.17) is 5.73 Å². The van der Waals surface area contributed by atoms with Crippen LogP contribution in [0.2, 0.25) is 0 Å². The first-order chi connectivity index (χ1) is 12.8. The van der Waals surface area contributed by atoms with Crippen LogP contribution in [-0.4, -0.2) is 38.9 Å². The fourth-order valence-electron chi connectivity index (χ4n) is 3.20. The van der Waals surface area contributed by atoms with Crippen LogP contribution >= 0.6 is 11.3 Å². The number of nitrogens with two attached hydrogens (primary N) is 1. The zero-order valence-corrected chi connectivity index (χ0v) is 14.9. The number of hydrogen-bond acceptors (Lipinski definition) is 5. The molecule has 142 valence electrons. The number of fused-ring (bicyclic) bond motifs is 1. The van der Waals surface area contributed by atoms with Gasteiger partial charge in [0.25, 0.3) is 5.91 Å². The highest BCUT2D eigenvalue weighted by atomic mass is 32.1. The number of amides is 1. The zero-order valence-electron chi connectivity index (χ0n) is 14.1. The number of rotatable bonds is 3. The summed E-state index contributed by atoms with van der Waals surface area (Å²) in [4.78, 5) is 14.9. The molecule has 6 nitrogen and oxygen atoms in total. The number of carbonyl (C=O) groups excluding carboxylic acids is 1. The maximum Gasteiger partial charge on any atom is 0.416 e. The summed E-state index contributed by atoms with van der Waals surface area (Å²) in [6.07, 6.45) is -1.89. The molecule has 0 spiro atoms. The average Bonchev–Trinajstić information content (AvgIpc) is 3.37. The lowest BCUT2D eigenvalue weighted by atomic mass is 10.1. The number of halogens is 3. The van der Waals surface area contributed by atoms with Gasteiger partial charge in [0.1, 0.15) is 0 Å². The predicted molar refractivity (Wildman–Crippen MR) is 94.3 cm³/mol. The van der Waals surface area contributed by atoms with Crippen molar-refractivity contribution in [2.75, 3.05) is 13.1 Å². The van der Waals surface area contributed by atoms with Crippen molar-refractivity contribution in [1.29, 1.82) is 0 Å². The molecule has 2 N–H and O–H groups in total. The minimum Gasteiger partial charge on any atom is -0.336 e. The first-order valence-electron chi connectivity index (χ1n) is 8.36. The Hall–Kier alpha value is -2.46. The second-order valence-electron chi connectivity index (χ2n) is 6.45. The first-order valence-corrected chi connectivity index (χ1v) is 9.17. The third-order valence-electron chi connectivity index (χ3n) is 4.65. The molecule has 10 heteroatoms. The summed E-state index contributed by atoms with van der Waals surface area (Å²) in [5.74, 6) is -0.175. The van der Waals surface area contributed by atoms with Crippen LogP contribution in [0.1, 0.15) is 33.4 Å². The highest BCUT2D eigenvalue weighted by Crippen LogP contribution is 2.35. The number of hydrogen-bond donors (Lipinski definition) is 1. The lowest BCUT2D eigenvalue weighted by Gasteiger charge is -2.15. The quantitative estimate of drug-likeness (QED) is 0.740. The summed E-state index contributed by atoms with van der Waals surface area (Å²) in [6, 6.07) is 5.20. The molecule has 1 unspecified atom stereocenters. The molecule has 1 fully saturated rings. The summed E-state index contributed by atoms with van der Waals surface area (Å²) in [7, 11) is 0. The Morgan fingerprint density at radius 1 is 1.33 bits per heavy atom. The van der Waals surface area contributed by atoms with Crippen molar-refractivity contribution in [3.05, 3.63) is 46.6 Å². The molecule has 1 amide bonds. The molecule has 1 aromatic carbocycles. The van der Waals surface area contributed by atoms with Crippen LogP contribution in [0.4, 0.5) is 13.2 Å². The monoisotopic (exact) mass is 395 g/mol. The lowest BCUT2D eigenvalue weighted by molar-refractivity contribution is -0.137. The molecule has 1 atom stereocenters. The first kappa shape index (κ1) is 17.9. The third kappa shape index (κ3) is 3.42. The Balaban J connectivity index is 1.52. The topological polar surface area (TPSA) is 77.0 Å². The van der Waals surface area contributed by atoms with Gasteiger partial charge in [0, 0.05) is 24.3 Å².